The summed E-state index contributed by atoms with van der Waals surface area (Å²) in [4.78, 5) is 26.3. The van der Waals surface area contributed by atoms with E-state index in [1.165, 1.54) is 0 Å². The molecule has 0 amide bonds. The zero-order valence-corrected chi connectivity index (χ0v) is 19.5. The number of aromatic nitrogens is 7. The quantitative estimate of drug-likeness (QED) is 0.447. The highest BCUT2D eigenvalue weighted by Gasteiger charge is 2.38. The summed E-state index contributed by atoms with van der Waals surface area (Å²) < 4.78 is 5.58. The molecule has 0 aromatic carbocycles. The summed E-state index contributed by atoms with van der Waals surface area (Å²) in [5, 5.41) is 4.31. The molecule has 0 spiro atoms. The average Bonchev–Trinajstić information content (AvgIpc) is 3.30. The molecule has 0 aliphatic rings. The number of hydrogen-bond donors (Lipinski definition) is 1. The summed E-state index contributed by atoms with van der Waals surface area (Å²) in [6, 6.07) is 3.96. The second-order valence-electron chi connectivity index (χ2n) is 9.03. The first-order valence-corrected chi connectivity index (χ1v) is 11.0. The molecular weight excluding hydrogens is 416 g/mol. The van der Waals surface area contributed by atoms with E-state index >= 15 is 0 Å². The number of nitrogens with two attached hydrogens (primary N) is 1. The van der Waals surface area contributed by atoms with Crippen LogP contribution < -0.4 is 5.73 Å². The van der Waals surface area contributed by atoms with Gasteiger partial charge in [0.1, 0.15) is 5.69 Å². The lowest BCUT2D eigenvalue weighted by atomic mass is 9.73. The van der Waals surface area contributed by atoms with Crippen molar-refractivity contribution in [3.63, 3.8) is 0 Å². The first kappa shape index (κ1) is 22.4. The van der Waals surface area contributed by atoms with Gasteiger partial charge in [-0.15, -0.1) is 0 Å². The van der Waals surface area contributed by atoms with Gasteiger partial charge in [-0.25, -0.2) is 15.0 Å². The third-order valence-corrected chi connectivity index (χ3v) is 5.92. The molecule has 0 fully saturated rings. The predicted molar refractivity (Wildman–Crippen MR) is 125 cm³/mol. The van der Waals surface area contributed by atoms with Crippen LogP contribution in [-0.2, 0) is 11.8 Å². The minimum absolute atomic E-state index is 0.176. The topological polar surface area (TPSA) is 129 Å². The molecule has 0 saturated heterocycles. The molecule has 4 aromatic heterocycles. The Kier molecular flexibility index (Phi) is 6.13. The number of rotatable bonds is 7. The molecule has 4 heterocycles. The van der Waals surface area contributed by atoms with Gasteiger partial charge in [-0.2, -0.15) is 4.98 Å². The van der Waals surface area contributed by atoms with Gasteiger partial charge < -0.3 is 10.3 Å². The van der Waals surface area contributed by atoms with Gasteiger partial charge in [-0.05, 0) is 36.8 Å². The van der Waals surface area contributed by atoms with Crippen molar-refractivity contribution in [2.24, 2.45) is 11.8 Å². The first-order valence-electron chi connectivity index (χ1n) is 11.0. The maximum absolute atomic E-state index is 5.58. The van der Waals surface area contributed by atoms with E-state index in [4.69, 9.17) is 10.3 Å². The first-order chi connectivity index (χ1) is 15.8. The lowest BCUT2D eigenvalue weighted by Crippen LogP contribution is -2.31. The fourth-order valence-corrected chi connectivity index (χ4v) is 3.59. The fraction of sp³-hybridized carbons (Fsp3) is 0.375. The van der Waals surface area contributed by atoms with Gasteiger partial charge >= 0.3 is 0 Å². The Hall–Kier alpha value is -3.75. The van der Waals surface area contributed by atoms with Crippen LogP contribution in [0.3, 0.4) is 0 Å². The molecule has 2 N–H and O–H groups in total. The van der Waals surface area contributed by atoms with E-state index in [1.807, 2.05) is 18.3 Å². The summed E-state index contributed by atoms with van der Waals surface area (Å²) in [7, 11) is 0. The van der Waals surface area contributed by atoms with Crippen molar-refractivity contribution in [3.05, 3.63) is 60.2 Å². The van der Waals surface area contributed by atoms with Crippen LogP contribution in [0.2, 0.25) is 0 Å². The van der Waals surface area contributed by atoms with E-state index in [0.29, 0.717) is 23.3 Å². The highest BCUT2D eigenvalue weighted by Crippen LogP contribution is 2.38. The lowest BCUT2D eigenvalue weighted by molar-refractivity contribution is 0.350. The van der Waals surface area contributed by atoms with Crippen molar-refractivity contribution in [3.8, 4) is 22.8 Å². The van der Waals surface area contributed by atoms with Crippen LogP contribution in [0.15, 0.2) is 47.6 Å². The van der Waals surface area contributed by atoms with E-state index in [-0.39, 0.29) is 11.9 Å². The molecule has 33 heavy (non-hydrogen) atoms. The van der Waals surface area contributed by atoms with Crippen molar-refractivity contribution >= 4 is 5.95 Å². The van der Waals surface area contributed by atoms with Gasteiger partial charge in [-0.3, -0.25) is 9.97 Å². The standard InChI is InChI=1S/C24H28N8O/c1-14(2)8-18-12-28-20(13-26-18)21-31-22(32-33-21)24(5,15(3)4)17-6-7-19(27-11-17)16-9-29-23(25)30-10-16/h6-7,9-15H,8H2,1-5H3,(H2,25,29,30)/t24-/m1/s1. The van der Waals surface area contributed by atoms with E-state index in [1.54, 1.807) is 24.8 Å². The molecule has 1 atom stereocenters. The van der Waals surface area contributed by atoms with Gasteiger partial charge in [0.05, 0.1) is 23.0 Å². The lowest BCUT2D eigenvalue weighted by Gasteiger charge is -2.30. The SMILES string of the molecule is CC(C)Cc1cnc(-c2nc([C@@](C)(c3ccc(-c4cnc(N)nc4)nc3)C(C)C)no2)cn1. The maximum atomic E-state index is 5.58. The highest BCUT2D eigenvalue weighted by atomic mass is 16.5. The third kappa shape index (κ3) is 4.57. The molecule has 9 heteroatoms. The average molecular weight is 445 g/mol. The van der Waals surface area contributed by atoms with Gasteiger partial charge in [-0.1, -0.05) is 38.9 Å². The molecule has 4 aromatic rings. The molecule has 4 rings (SSSR count). The molecule has 0 radical (unpaired) electrons. The summed E-state index contributed by atoms with van der Waals surface area (Å²) >= 11 is 0. The second kappa shape index (κ2) is 9.01. The zero-order valence-electron chi connectivity index (χ0n) is 19.5. The summed E-state index contributed by atoms with van der Waals surface area (Å²) in [6.07, 6.45) is 9.48. The summed E-state index contributed by atoms with van der Waals surface area (Å²) in [5.41, 5.74) is 9.09. The fourth-order valence-electron chi connectivity index (χ4n) is 3.59. The van der Waals surface area contributed by atoms with Crippen LogP contribution in [0.1, 0.15) is 51.7 Å². The number of nitrogens with zero attached hydrogens (tertiary/aromatic N) is 7. The smallest absolute Gasteiger partial charge is 0.278 e. The van der Waals surface area contributed by atoms with Crippen molar-refractivity contribution in [2.45, 2.75) is 46.5 Å². The van der Waals surface area contributed by atoms with Gasteiger partial charge in [0.15, 0.2) is 5.82 Å². The van der Waals surface area contributed by atoms with Crippen molar-refractivity contribution in [2.75, 3.05) is 5.73 Å². The van der Waals surface area contributed by atoms with Crippen LogP contribution in [0.5, 0.6) is 0 Å². The Labute approximate surface area is 193 Å². The van der Waals surface area contributed by atoms with Crippen LogP contribution in [-0.4, -0.2) is 35.1 Å². The van der Waals surface area contributed by atoms with Crippen molar-refractivity contribution in [1.82, 2.24) is 35.1 Å². The summed E-state index contributed by atoms with van der Waals surface area (Å²) in [5.74, 6) is 1.85. The minimum atomic E-state index is -0.518. The Morgan fingerprint density at radius 2 is 1.61 bits per heavy atom. The molecule has 0 aliphatic carbocycles. The molecule has 0 bridgehead atoms. The number of pyridine rings is 1. The van der Waals surface area contributed by atoms with Gasteiger partial charge in [0.25, 0.3) is 5.89 Å². The molecule has 0 saturated carbocycles. The van der Waals surface area contributed by atoms with Crippen molar-refractivity contribution < 1.29 is 4.52 Å². The van der Waals surface area contributed by atoms with Crippen LogP contribution >= 0.6 is 0 Å². The Morgan fingerprint density at radius 1 is 0.879 bits per heavy atom. The van der Waals surface area contributed by atoms with E-state index in [9.17, 15) is 0 Å². The van der Waals surface area contributed by atoms with E-state index < -0.39 is 5.41 Å². The zero-order chi connectivity index (χ0) is 23.6. The Bertz CT molecular complexity index is 1200. The molecular formula is C24H28N8O. The predicted octanol–water partition coefficient (Wildman–Crippen LogP) is 4.12. The van der Waals surface area contributed by atoms with Crippen LogP contribution in [0, 0.1) is 11.8 Å². The summed E-state index contributed by atoms with van der Waals surface area (Å²) in [6.45, 7) is 10.6. The van der Waals surface area contributed by atoms with Crippen molar-refractivity contribution in [1.29, 1.82) is 0 Å². The minimum Gasteiger partial charge on any atom is -0.368 e. The van der Waals surface area contributed by atoms with Crippen LogP contribution in [0.25, 0.3) is 22.8 Å². The number of hydrogen-bond acceptors (Lipinski definition) is 9. The van der Waals surface area contributed by atoms with Gasteiger partial charge in [0.2, 0.25) is 5.95 Å². The van der Waals surface area contributed by atoms with E-state index in [0.717, 1.165) is 28.9 Å². The molecule has 9 nitrogen and oxygen atoms in total. The maximum Gasteiger partial charge on any atom is 0.278 e. The number of anilines is 1. The largest absolute Gasteiger partial charge is 0.368 e. The monoisotopic (exact) mass is 444 g/mol. The molecule has 0 aliphatic heterocycles. The Balaban J connectivity index is 1.63. The Morgan fingerprint density at radius 3 is 2.18 bits per heavy atom. The second-order valence-corrected chi connectivity index (χ2v) is 9.03. The third-order valence-electron chi connectivity index (χ3n) is 5.92. The van der Waals surface area contributed by atoms with Crippen LogP contribution in [0.4, 0.5) is 5.95 Å². The number of nitrogen functional groups attached to an aromatic ring is 1. The molecule has 170 valence electrons. The van der Waals surface area contributed by atoms with Gasteiger partial charge in [0, 0.05) is 30.4 Å². The van der Waals surface area contributed by atoms with E-state index in [2.05, 4.69) is 69.7 Å². The highest BCUT2D eigenvalue weighted by molar-refractivity contribution is 5.57. The normalized spacial score (nSPS) is 13.4. The molecule has 0 unspecified atom stereocenters.